The highest BCUT2D eigenvalue weighted by atomic mass is 19.1. The molecule has 0 aliphatic heterocycles. The van der Waals surface area contributed by atoms with Gasteiger partial charge < -0.3 is 10.5 Å². The fourth-order valence-electron chi connectivity index (χ4n) is 1.72. The molecule has 0 bridgehead atoms. The zero-order valence-electron chi connectivity index (χ0n) is 8.73. The lowest BCUT2D eigenvalue weighted by atomic mass is 9.86. The summed E-state index contributed by atoms with van der Waals surface area (Å²) >= 11 is 0. The Morgan fingerprint density at radius 1 is 1.69 bits per heavy atom. The van der Waals surface area contributed by atoms with Gasteiger partial charge in [-0.25, -0.2) is 4.39 Å². The zero-order valence-corrected chi connectivity index (χ0v) is 8.73. The van der Waals surface area contributed by atoms with Crippen LogP contribution in [0.15, 0.2) is 11.8 Å². The van der Waals surface area contributed by atoms with Crippen molar-refractivity contribution >= 4 is 17.5 Å². The van der Waals surface area contributed by atoms with E-state index in [1.165, 1.54) is 0 Å². The molecule has 6 heteroatoms. The third-order valence-electron chi connectivity index (χ3n) is 2.48. The van der Waals surface area contributed by atoms with Crippen LogP contribution in [-0.4, -0.2) is 31.3 Å². The topological polar surface area (TPSA) is 86.5 Å². The largest absolute Gasteiger partial charge is 0.468 e. The zero-order chi connectivity index (χ0) is 12.3. The van der Waals surface area contributed by atoms with E-state index in [4.69, 9.17) is 5.73 Å². The third kappa shape index (κ3) is 2.26. The van der Waals surface area contributed by atoms with E-state index in [2.05, 4.69) is 4.74 Å². The average molecular weight is 229 g/mol. The molecule has 0 saturated carbocycles. The molecule has 2 N–H and O–H groups in total. The first-order valence-corrected chi connectivity index (χ1v) is 4.67. The van der Waals surface area contributed by atoms with Crippen LogP contribution in [-0.2, 0) is 19.1 Å². The van der Waals surface area contributed by atoms with Gasteiger partial charge in [0.2, 0.25) is 0 Å². The van der Waals surface area contributed by atoms with Gasteiger partial charge in [-0.15, -0.1) is 0 Å². The Hall–Kier alpha value is -1.72. The van der Waals surface area contributed by atoms with E-state index in [0.717, 1.165) is 13.2 Å². The van der Waals surface area contributed by atoms with Crippen LogP contribution in [0.25, 0.3) is 0 Å². The van der Waals surface area contributed by atoms with Gasteiger partial charge in [-0.2, -0.15) is 0 Å². The number of halogens is 1. The molecule has 1 aliphatic carbocycles. The van der Waals surface area contributed by atoms with Crippen molar-refractivity contribution in [2.45, 2.75) is 6.42 Å². The van der Waals surface area contributed by atoms with E-state index in [0.29, 0.717) is 0 Å². The van der Waals surface area contributed by atoms with Crippen LogP contribution < -0.4 is 5.73 Å². The number of alkyl halides is 1. The Morgan fingerprint density at radius 3 is 2.69 bits per heavy atom. The Balaban J connectivity index is 2.91. The highest BCUT2D eigenvalue weighted by Crippen LogP contribution is 2.28. The number of ketones is 2. The van der Waals surface area contributed by atoms with Crippen molar-refractivity contribution < 1.29 is 23.5 Å². The Labute approximate surface area is 91.4 Å². The molecule has 2 unspecified atom stereocenters. The van der Waals surface area contributed by atoms with Gasteiger partial charge in [-0.05, 0) is 6.42 Å². The number of esters is 1. The van der Waals surface area contributed by atoms with Gasteiger partial charge in [0.05, 0.1) is 7.11 Å². The molecule has 0 saturated heterocycles. The number of rotatable bonds is 4. The summed E-state index contributed by atoms with van der Waals surface area (Å²) < 4.78 is 16.7. The number of methoxy groups -OCH3 is 1. The number of carbonyl (C=O) groups is 3. The van der Waals surface area contributed by atoms with E-state index in [9.17, 15) is 18.8 Å². The molecule has 5 nitrogen and oxygen atoms in total. The molecule has 88 valence electrons. The van der Waals surface area contributed by atoms with Gasteiger partial charge in [0.15, 0.2) is 11.6 Å². The van der Waals surface area contributed by atoms with Gasteiger partial charge in [0.1, 0.15) is 12.6 Å². The molecule has 0 aromatic heterocycles. The number of Topliss-reactive ketones (excluding diaryl/α,β-unsaturated/α-hetero) is 1. The van der Waals surface area contributed by atoms with Crippen LogP contribution in [0.4, 0.5) is 4.39 Å². The van der Waals surface area contributed by atoms with Gasteiger partial charge in [-0.1, -0.05) is 0 Å². The highest BCUT2D eigenvalue weighted by Gasteiger charge is 2.41. The summed E-state index contributed by atoms with van der Waals surface area (Å²) in [5.74, 6) is -4.59. The summed E-state index contributed by atoms with van der Waals surface area (Å²) in [4.78, 5) is 34.0. The Kier molecular flexibility index (Phi) is 3.76. The van der Waals surface area contributed by atoms with E-state index in [-0.39, 0.29) is 12.1 Å². The Morgan fingerprint density at radius 2 is 2.31 bits per heavy atom. The molecular formula is C10H12FNO4. The van der Waals surface area contributed by atoms with E-state index < -0.39 is 36.0 Å². The summed E-state index contributed by atoms with van der Waals surface area (Å²) in [6.45, 7) is -1.30. The van der Waals surface area contributed by atoms with Crippen molar-refractivity contribution in [3.8, 4) is 0 Å². The van der Waals surface area contributed by atoms with Crippen LogP contribution in [0.2, 0.25) is 0 Å². The summed E-state index contributed by atoms with van der Waals surface area (Å²) in [7, 11) is 1.08. The van der Waals surface area contributed by atoms with E-state index in [1.54, 1.807) is 0 Å². The Bertz CT molecular complexity index is 348. The highest BCUT2D eigenvalue weighted by molar-refractivity contribution is 6.07. The smallest absolute Gasteiger partial charge is 0.317 e. The molecular weight excluding hydrogens is 217 g/mol. The molecule has 0 heterocycles. The first-order chi connectivity index (χ1) is 7.51. The van der Waals surface area contributed by atoms with Crippen molar-refractivity contribution in [3.05, 3.63) is 11.8 Å². The van der Waals surface area contributed by atoms with E-state index in [1.807, 2.05) is 0 Å². The minimum Gasteiger partial charge on any atom is -0.468 e. The van der Waals surface area contributed by atoms with E-state index >= 15 is 0 Å². The maximum Gasteiger partial charge on any atom is 0.317 e. The monoisotopic (exact) mass is 229 g/mol. The van der Waals surface area contributed by atoms with Crippen molar-refractivity contribution in [1.82, 2.24) is 0 Å². The maximum absolute atomic E-state index is 12.3. The quantitative estimate of drug-likeness (QED) is 0.530. The normalized spacial score (nSPS) is 21.5. The number of allylic oxidation sites excluding steroid dienone is 2. The van der Waals surface area contributed by atoms with Crippen LogP contribution in [0.5, 0.6) is 0 Å². The molecule has 0 amide bonds. The summed E-state index contributed by atoms with van der Waals surface area (Å²) in [6.07, 6.45) is 1.25. The minimum atomic E-state index is -1.39. The molecule has 0 radical (unpaired) electrons. The van der Waals surface area contributed by atoms with Gasteiger partial charge in [0, 0.05) is 17.7 Å². The molecule has 0 fully saturated rings. The fraction of sp³-hybridized carbons (Fsp3) is 0.500. The summed E-state index contributed by atoms with van der Waals surface area (Å²) in [6, 6.07) is 0. The predicted molar refractivity (Wildman–Crippen MR) is 51.9 cm³/mol. The van der Waals surface area contributed by atoms with Crippen molar-refractivity contribution in [2.24, 2.45) is 17.6 Å². The first kappa shape index (κ1) is 12.4. The van der Waals surface area contributed by atoms with Crippen molar-refractivity contribution in [2.75, 3.05) is 13.8 Å². The number of hydrogen-bond donors (Lipinski definition) is 1. The van der Waals surface area contributed by atoms with Crippen LogP contribution in [0.1, 0.15) is 6.42 Å². The van der Waals surface area contributed by atoms with Gasteiger partial charge >= 0.3 is 5.97 Å². The SMILES string of the molecule is COC(=O)C(C(=O)CF)C1CC(N)=CC1=O. The second-order valence-corrected chi connectivity index (χ2v) is 3.53. The lowest BCUT2D eigenvalue weighted by molar-refractivity contribution is -0.153. The molecule has 0 aromatic carbocycles. The third-order valence-corrected chi connectivity index (χ3v) is 2.48. The second kappa shape index (κ2) is 4.87. The molecule has 16 heavy (non-hydrogen) atoms. The second-order valence-electron chi connectivity index (χ2n) is 3.53. The van der Waals surface area contributed by atoms with Crippen LogP contribution >= 0.6 is 0 Å². The number of hydrogen-bond acceptors (Lipinski definition) is 5. The molecule has 1 aliphatic rings. The standard InChI is InChI=1S/C10H12FNO4/c1-16-10(15)9(8(14)4-11)6-2-5(12)3-7(6)13/h3,6,9H,2,4,12H2,1H3. The van der Waals surface area contributed by atoms with Gasteiger partial charge in [-0.3, -0.25) is 14.4 Å². The number of carbonyl (C=O) groups excluding carboxylic acids is 3. The van der Waals surface area contributed by atoms with Crippen LogP contribution in [0.3, 0.4) is 0 Å². The first-order valence-electron chi connectivity index (χ1n) is 4.67. The lowest BCUT2D eigenvalue weighted by Crippen LogP contribution is -2.35. The van der Waals surface area contributed by atoms with Crippen LogP contribution in [0, 0.1) is 11.8 Å². The number of ether oxygens (including phenoxy) is 1. The fourth-order valence-corrected chi connectivity index (χ4v) is 1.72. The predicted octanol–water partition coefficient (Wildman–Crippen LogP) is -0.254. The van der Waals surface area contributed by atoms with Crippen molar-refractivity contribution in [3.63, 3.8) is 0 Å². The lowest BCUT2D eigenvalue weighted by Gasteiger charge is -2.17. The summed E-state index contributed by atoms with van der Waals surface area (Å²) in [5, 5.41) is 0. The average Bonchev–Trinajstić information content (AvgIpc) is 2.57. The summed E-state index contributed by atoms with van der Waals surface area (Å²) in [5.41, 5.74) is 5.71. The molecule has 0 spiro atoms. The molecule has 2 atom stereocenters. The minimum absolute atomic E-state index is 0.0876. The van der Waals surface area contributed by atoms with Gasteiger partial charge in [0.25, 0.3) is 0 Å². The number of nitrogens with two attached hydrogens (primary N) is 1. The molecule has 1 rings (SSSR count). The molecule has 0 aromatic rings. The van der Waals surface area contributed by atoms with Crippen molar-refractivity contribution in [1.29, 1.82) is 0 Å². The maximum atomic E-state index is 12.3.